The quantitative estimate of drug-likeness (QED) is 0.641. The highest BCUT2D eigenvalue weighted by atomic mass is 16.5. The van der Waals surface area contributed by atoms with Crippen molar-refractivity contribution in [2.24, 2.45) is 5.92 Å². The summed E-state index contributed by atoms with van der Waals surface area (Å²) in [6.07, 6.45) is 2.01. The van der Waals surface area contributed by atoms with Gasteiger partial charge in [-0.15, -0.1) is 0 Å². The fourth-order valence-electron chi connectivity index (χ4n) is 1.18. The summed E-state index contributed by atoms with van der Waals surface area (Å²) in [6.45, 7) is 7.08. The SMILES string of the molecule is CCCNC(C(=O)OC)C(C)CC. The van der Waals surface area contributed by atoms with E-state index in [0.29, 0.717) is 5.92 Å². The van der Waals surface area contributed by atoms with E-state index in [1.54, 1.807) is 0 Å². The van der Waals surface area contributed by atoms with Gasteiger partial charge >= 0.3 is 5.97 Å². The lowest BCUT2D eigenvalue weighted by Gasteiger charge is -2.21. The van der Waals surface area contributed by atoms with Gasteiger partial charge in [-0.3, -0.25) is 4.79 Å². The molecule has 0 fully saturated rings. The van der Waals surface area contributed by atoms with Gasteiger partial charge in [0.1, 0.15) is 6.04 Å². The second kappa shape index (κ2) is 6.89. The molecule has 2 atom stereocenters. The van der Waals surface area contributed by atoms with Gasteiger partial charge in [0.2, 0.25) is 0 Å². The molecule has 0 spiro atoms. The van der Waals surface area contributed by atoms with E-state index in [1.807, 2.05) is 0 Å². The van der Waals surface area contributed by atoms with Crippen LogP contribution >= 0.6 is 0 Å². The van der Waals surface area contributed by atoms with E-state index in [2.05, 4.69) is 26.1 Å². The highest BCUT2D eigenvalue weighted by Crippen LogP contribution is 2.08. The summed E-state index contributed by atoms with van der Waals surface area (Å²) >= 11 is 0. The summed E-state index contributed by atoms with van der Waals surface area (Å²) in [5, 5.41) is 3.20. The predicted octanol–water partition coefficient (Wildman–Crippen LogP) is 1.57. The Balaban J connectivity index is 4.09. The van der Waals surface area contributed by atoms with Gasteiger partial charge in [-0.2, -0.15) is 0 Å². The van der Waals surface area contributed by atoms with Crippen LogP contribution in [0.3, 0.4) is 0 Å². The van der Waals surface area contributed by atoms with E-state index in [1.165, 1.54) is 7.11 Å². The highest BCUT2D eigenvalue weighted by molar-refractivity contribution is 5.75. The van der Waals surface area contributed by atoms with Crippen molar-refractivity contribution >= 4 is 5.97 Å². The van der Waals surface area contributed by atoms with Gasteiger partial charge in [-0.05, 0) is 18.9 Å². The molecule has 1 N–H and O–H groups in total. The third-order valence-electron chi connectivity index (χ3n) is 2.28. The fraction of sp³-hybridized carbons (Fsp3) is 0.900. The first-order valence-corrected chi connectivity index (χ1v) is 4.98. The van der Waals surface area contributed by atoms with Crippen molar-refractivity contribution in [2.45, 2.75) is 39.7 Å². The fourth-order valence-corrected chi connectivity index (χ4v) is 1.18. The van der Waals surface area contributed by atoms with Crippen molar-refractivity contribution in [1.82, 2.24) is 5.32 Å². The van der Waals surface area contributed by atoms with E-state index >= 15 is 0 Å². The second-order valence-corrected chi connectivity index (χ2v) is 3.34. The Bertz CT molecular complexity index is 148. The van der Waals surface area contributed by atoms with Crippen molar-refractivity contribution in [2.75, 3.05) is 13.7 Å². The second-order valence-electron chi connectivity index (χ2n) is 3.34. The van der Waals surface area contributed by atoms with Crippen LogP contribution in [-0.4, -0.2) is 25.7 Å². The van der Waals surface area contributed by atoms with Crippen molar-refractivity contribution in [3.8, 4) is 0 Å². The minimum Gasteiger partial charge on any atom is -0.468 e. The molecule has 0 saturated carbocycles. The number of carbonyl (C=O) groups excluding carboxylic acids is 1. The molecule has 0 saturated heterocycles. The van der Waals surface area contributed by atoms with Gasteiger partial charge in [-0.1, -0.05) is 27.2 Å². The Labute approximate surface area is 80.8 Å². The summed E-state index contributed by atoms with van der Waals surface area (Å²) in [6, 6.07) is -0.144. The number of esters is 1. The zero-order valence-corrected chi connectivity index (χ0v) is 9.09. The first-order chi connectivity index (χ1) is 6.17. The average molecular weight is 187 g/mol. The van der Waals surface area contributed by atoms with Gasteiger partial charge in [0.25, 0.3) is 0 Å². The first-order valence-electron chi connectivity index (χ1n) is 4.98. The number of hydrogen-bond donors (Lipinski definition) is 1. The summed E-state index contributed by atoms with van der Waals surface area (Å²) < 4.78 is 4.73. The summed E-state index contributed by atoms with van der Waals surface area (Å²) in [5.41, 5.74) is 0. The molecule has 2 unspecified atom stereocenters. The number of rotatable bonds is 6. The molecule has 3 nitrogen and oxygen atoms in total. The number of methoxy groups -OCH3 is 1. The van der Waals surface area contributed by atoms with Crippen LogP contribution < -0.4 is 5.32 Å². The van der Waals surface area contributed by atoms with Crippen molar-refractivity contribution in [3.63, 3.8) is 0 Å². The molecule has 0 aliphatic heterocycles. The van der Waals surface area contributed by atoms with Crippen molar-refractivity contribution in [1.29, 1.82) is 0 Å². The van der Waals surface area contributed by atoms with Crippen LogP contribution in [0, 0.1) is 5.92 Å². The van der Waals surface area contributed by atoms with Crippen LogP contribution in [0.5, 0.6) is 0 Å². The molecular weight excluding hydrogens is 166 g/mol. The van der Waals surface area contributed by atoms with Crippen LogP contribution in [0.15, 0.2) is 0 Å². The molecule has 0 bridgehead atoms. The summed E-state index contributed by atoms with van der Waals surface area (Å²) in [5.74, 6) is 0.182. The highest BCUT2D eigenvalue weighted by Gasteiger charge is 2.23. The lowest BCUT2D eigenvalue weighted by atomic mass is 9.99. The Morgan fingerprint density at radius 1 is 1.46 bits per heavy atom. The molecule has 0 heterocycles. The normalized spacial score (nSPS) is 15.1. The largest absolute Gasteiger partial charge is 0.468 e. The van der Waals surface area contributed by atoms with Crippen LogP contribution in [-0.2, 0) is 9.53 Å². The minimum absolute atomic E-state index is 0.144. The zero-order chi connectivity index (χ0) is 10.3. The van der Waals surface area contributed by atoms with Gasteiger partial charge in [0.05, 0.1) is 7.11 Å². The lowest BCUT2D eigenvalue weighted by molar-refractivity contribution is -0.144. The smallest absolute Gasteiger partial charge is 0.323 e. The third kappa shape index (κ3) is 4.27. The van der Waals surface area contributed by atoms with Gasteiger partial charge in [0.15, 0.2) is 0 Å². The number of hydrogen-bond acceptors (Lipinski definition) is 3. The summed E-state index contributed by atoms with van der Waals surface area (Å²) in [4.78, 5) is 11.3. The molecule has 0 rings (SSSR count). The monoisotopic (exact) mass is 187 g/mol. The van der Waals surface area contributed by atoms with E-state index in [9.17, 15) is 4.79 Å². The van der Waals surface area contributed by atoms with E-state index in [4.69, 9.17) is 4.74 Å². The Morgan fingerprint density at radius 3 is 2.46 bits per heavy atom. The Hall–Kier alpha value is -0.570. The van der Waals surface area contributed by atoms with Crippen LogP contribution in [0.2, 0.25) is 0 Å². The van der Waals surface area contributed by atoms with E-state index in [-0.39, 0.29) is 12.0 Å². The Kier molecular flexibility index (Phi) is 6.59. The molecule has 0 aliphatic rings. The molecule has 13 heavy (non-hydrogen) atoms. The van der Waals surface area contributed by atoms with Crippen LogP contribution in [0.1, 0.15) is 33.6 Å². The molecule has 0 radical (unpaired) electrons. The maximum absolute atomic E-state index is 11.3. The lowest BCUT2D eigenvalue weighted by Crippen LogP contribution is -2.42. The molecular formula is C10H21NO2. The van der Waals surface area contributed by atoms with Gasteiger partial charge in [-0.25, -0.2) is 0 Å². The first kappa shape index (κ1) is 12.4. The van der Waals surface area contributed by atoms with Crippen LogP contribution in [0.25, 0.3) is 0 Å². The number of ether oxygens (including phenoxy) is 1. The maximum Gasteiger partial charge on any atom is 0.323 e. The molecule has 3 heteroatoms. The van der Waals surface area contributed by atoms with Crippen molar-refractivity contribution < 1.29 is 9.53 Å². The molecule has 0 amide bonds. The average Bonchev–Trinajstić information content (AvgIpc) is 2.17. The van der Waals surface area contributed by atoms with Gasteiger partial charge < -0.3 is 10.1 Å². The third-order valence-corrected chi connectivity index (χ3v) is 2.28. The molecule has 78 valence electrons. The summed E-state index contributed by atoms with van der Waals surface area (Å²) in [7, 11) is 1.44. The van der Waals surface area contributed by atoms with E-state index in [0.717, 1.165) is 19.4 Å². The molecule has 0 aromatic carbocycles. The van der Waals surface area contributed by atoms with Gasteiger partial charge in [0, 0.05) is 0 Å². The van der Waals surface area contributed by atoms with Crippen molar-refractivity contribution in [3.05, 3.63) is 0 Å². The Morgan fingerprint density at radius 2 is 2.08 bits per heavy atom. The predicted molar refractivity (Wildman–Crippen MR) is 53.6 cm³/mol. The topological polar surface area (TPSA) is 38.3 Å². The molecule has 0 aliphatic carbocycles. The standard InChI is InChI=1S/C10H21NO2/c1-5-7-11-9(8(3)6-2)10(12)13-4/h8-9,11H,5-7H2,1-4H3. The minimum atomic E-state index is -0.150. The maximum atomic E-state index is 11.3. The van der Waals surface area contributed by atoms with Crippen LogP contribution in [0.4, 0.5) is 0 Å². The van der Waals surface area contributed by atoms with E-state index < -0.39 is 0 Å². The molecule has 0 aromatic heterocycles. The zero-order valence-electron chi connectivity index (χ0n) is 9.09. The number of nitrogens with one attached hydrogen (secondary N) is 1. The number of carbonyl (C=O) groups is 1. The molecule has 0 aromatic rings.